The summed E-state index contributed by atoms with van der Waals surface area (Å²) in [5, 5.41) is 0. The number of nitrogens with zero attached hydrogens (tertiary/aromatic N) is 1. The summed E-state index contributed by atoms with van der Waals surface area (Å²) in [7, 11) is 0. The number of hydrogen-bond donors (Lipinski definition) is 3. The second-order valence-corrected chi connectivity index (χ2v) is 3.39. The molecule has 0 atom stereocenters. The van der Waals surface area contributed by atoms with E-state index in [1.807, 2.05) is 18.2 Å². The Morgan fingerprint density at radius 3 is 2.71 bits per heavy atom. The highest BCUT2D eigenvalue weighted by Crippen LogP contribution is 2.20. The summed E-state index contributed by atoms with van der Waals surface area (Å²) in [5.74, 6) is 5.81. The van der Waals surface area contributed by atoms with Crippen LogP contribution in [0.2, 0.25) is 0 Å². The van der Waals surface area contributed by atoms with E-state index in [4.69, 9.17) is 11.6 Å². The van der Waals surface area contributed by atoms with Crippen molar-refractivity contribution in [3.8, 4) is 0 Å². The van der Waals surface area contributed by atoms with Gasteiger partial charge < -0.3 is 5.73 Å². The fraction of sp³-hybridized carbons (Fsp3) is 0.300. The molecule has 1 rings (SSSR count). The van der Waals surface area contributed by atoms with E-state index in [1.54, 1.807) is 0 Å². The van der Waals surface area contributed by atoms with Gasteiger partial charge in [0.15, 0.2) is 0 Å². The van der Waals surface area contributed by atoms with Gasteiger partial charge in [0.1, 0.15) is 0 Å². The van der Waals surface area contributed by atoms with Crippen LogP contribution in [-0.4, -0.2) is 5.96 Å². The van der Waals surface area contributed by atoms with Gasteiger partial charge in [0.05, 0.1) is 5.69 Å². The molecule has 0 fully saturated rings. The molecule has 1 aromatic rings. The monoisotopic (exact) mass is 192 g/mol. The van der Waals surface area contributed by atoms with Crippen molar-refractivity contribution in [1.29, 1.82) is 0 Å². The minimum Gasteiger partial charge on any atom is -0.369 e. The number of guanidine groups is 1. The van der Waals surface area contributed by atoms with E-state index in [1.165, 1.54) is 5.56 Å². The van der Waals surface area contributed by atoms with E-state index < -0.39 is 0 Å². The van der Waals surface area contributed by atoms with Crippen molar-refractivity contribution in [1.82, 2.24) is 5.43 Å². The molecule has 0 bridgehead atoms. The third kappa shape index (κ3) is 2.74. The fourth-order valence-electron chi connectivity index (χ4n) is 1.12. The van der Waals surface area contributed by atoms with Gasteiger partial charge in [-0.25, -0.2) is 10.8 Å². The van der Waals surface area contributed by atoms with Crippen LogP contribution in [0.25, 0.3) is 0 Å². The van der Waals surface area contributed by atoms with Crippen molar-refractivity contribution in [2.45, 2.75) is 19.8 Å². The Morgan fingerprint density at radius 1 is 1.43 bits per heavy atom. The molecule has 14 heavy (non-hydrogen) atoms. The maximum atomic E-state index is 5.45. The molecule has 5 N–H and O–H groups in total. The first-order chi connectivity index (χ1) is 6.63. The third-order valence-electron chi connectivity index (χ3n) is 1.93. The van der Waals surface area contributed by atoms with Crippen LogP contribution in [0.3, 0.4) is 0 Å². The molecular weight excluding hydrogens is 176 g/mol. The van der Waals surface area contributed by atoms with Crippen molar-refractivity contribution >= 4 is 11.6 Å². The van der Waals surface area contributed by atoms with Crippen LogP contribution in [0.5, 0.6) is 0 Å². The van der Waals surface area contributed by atoms with Gasteiger partial charge in [0.25, 0.3) is 0 Å². The average molecular weight is 192 g/mol. The zero-order valence-electron chi connectivity index (χ0n) is 8.49. The van der Waals surface area contributed by atoms with Crippen LogP contribution < -0.4 is 17.0 Å². The van der Waals surface area contributed by atoms with Crippen LogP contribution in [0.15, 0.2) is 29.3 Å². The van der Waals surface area contributed by atoms with E-state index in [0.29, 0.717) is 5.92 Å². The maximum Gasteiger partial charge on any atom is 0.208 e. The molecule has 0 saturated carbocycles. The number of hydrazine groups is 1. The summed E-state index contributed by atoms with van der Waals surface area (Å²) >= 11 is 0. The van der Waals surface area contributed by atoms with E-state index in [0.717, 1.165) is 5.69 Å². The molecule has 0 unspecified atom stereocenters. The number of rotatable bonds is 2. The van der Waals surface area contributed by atoms with Crippen molar-refractivity contribution in [3.05, 3.63) is 29.8 Å². The van der Waals surface area contributed by atoms with Crippen molar-refractivity contribution < 1.29 is 0 Å². The largest absolute Gasteiger partial charge is 0.369 e. The van der Waals surface area contributed by atoms with Gasteiger partial charge in [-0.15, -0.1) is 0 Å². The smallest absolute Gasteiger partial charge is 0.208 e. The highest BCUT2D eigenvalue weighted by atomic mass is 15.3. The lowest BCUT2D eigenvalue weighted by atomic mass is 10.0. The van der Waals surface area contributed by atoms with E-state index in [9.17, 15) is 0 Å². The summed E-state index contributed by atoms with van der Waals surface area (Å²) < 4.78 is 0. The van der Waals surface area contributed by atoms with E-state index in [2.05, 4.69) is 30.3 Å². The first-order valence-electron chi connectivity index (χ1n) is 4.54. The molecule has 4 heteroatoms. The molecule has 1 aromatic carbocycles. The lowest BCUT2D eigenvalue weighted by Gasteiger charge is -2.05. The number of nitrogens with two attached hydrogens (primary N) is 2. The predicted octanol–water partition coefficient (Wildman–Crippen LogP) is 1.22. The topological polar surface area (TPSA) is 76.4 Å². The summed E-state index contributed by atoms with van der Waals surface area (Å²) in [6.45, 7) is 4.26. The van der Waals surface area contributed by atoms with Crippen LogP contribution in [-0.2, 0) is 0 Å². The lowest BCUT2D eigenvalue weighted by Crippen LogP contribution is -2.36. The standard InChI is InChI=1S/C10H16N4/c1-7(2)8-4-3-5-9(6-8)13-10(11)14-12/h3-7H,12H2,1-2H3,(H3,11,13,14). The quantitative estimate of drug-likeness (QED) is 0.285. The highest BCUT2D eigenvalue weighted by molar-refractivity contribution is 5.80. The molecule has 0 saturated heterocycles. The maximum absolute atomic E-state index is 5.45. The second kappa shape index (κ2) is 4.62. The van der Waals surface area contributed by atoms with Gasteiger partial charge in [0, 0.05) is 0 Å². The van der Waals surface area contributed by atoms with Gasteiger partial charge in [-0.3, -0.25) is 5.43 Å². The molecule has 4 nitrogen and oxygen atoms in total. The van der Waals surface area contributed by atoms with Gasteiger partial charge in [-0.2, -0.15) is 0 Å². The molecule has 0 spiro atoms. The third-order valence-corrected chi connectivity index (χ3v) is 1.93. The zero-order valence-corrected chi connectivity index (χ0v) is 8.49. The predicted molar refractivity (Wildman–Crippen MR) is 59.1 cm³/mol. The zero-order chi connectivity index (χ0) is 10.6. The average Bonchev–Trinajstić information content (AvgIpc) is 2.18. The Bertz CT molecular complexity index is 331. The molecule has 0 heterocycles. The minimum atomic E-state index is 0.214. The summed E-state index contributed by atoms with van der Waals surface area (Å²) in [6, 6.07) is 7.90. The molecule has 0 aliphatic carbocycles. The Labute approximate surface area is 84.0 Å². The Morgan fingerprint density at radius 2 is 2.14 bits per heavy atom. The van der Waals surface area contributed by atoms with Crippen LogP contribution in [0.4, 0.5) is 5.69 Å². The molecule has 0 radical (unpaired) electrons. The van der Waals surface area contributed by atoms with Crippen molar-refractivity contribution in [3.63, 3.8) is 0 Å². The van der Waals surface area contributed by atoms with Gasteiger partial charge in [0.2, 0.25) is 5.96 Å². The number of hydrogen-bond acceptors (Lipinski definition) is 2. The van der Waals surface area contributed by atoms with Gasteiger partial charge >= 0.3 is 0 Å². The Balaban J connectivity index is 2.94. The van der Waals surface area contributed by atoms with E-state index in [-0.39, 0.29) is 5.96 Å². The highest BCUT2D eigenvalue weighted by Gasteiger charge is 1.99. The normalized spacial score (nSPS) is 11.9. The van der Waals surface area contributed by atoms with Gasteiger partial charge in [-0.1, -0.05) is 26.0 Å². The first kappa shape index (κ1) is 10.5. The molecule has 0 amide bonds. The Hall–Kier alpha value is -1.55. The summed E-state index contributed by atoms with van der Waals surface area (Å²) in [6.07, 6.45) is 0. The number of nitrogens with one attached hydrogen (secondary N) is 1. The SMILES string of the molecule is CC(C)c1cccc(N=C(N)NN)c1. The summed E-state index contributed by atoms with van der Waals surface area (Å²) in [4.78, 5) is 4.08. The molecule has 0 aliphatic heterocycles. The van der Waals surface area contributed by atoms with Gasteiger partial charge in [-0.05, 0) is 23.6 Å². The van der Waals surface area contributed by atoms with Crippen LogP contribution >= 0.6 is 0 Å². The van der Waals surface area contributed by atoms with Crippen molar-refractivity contribution in [2.24, 2.45) is 16.6 Å². The van der Waals surface area contributed by atoms with Crippen LogP contribution in [0, 0.1) is 0 Å². The molecule has 0 aromatic heterocycles. The van der Waals surface area contributed by atoms with E-state index >= 15 is 0 Å². The summed E-state index contributed by atoms with van der Waals surface area (Å²) in [5.41, 5.74) is 9.78. The van der Waals surface area contributed by atoms with Crippen molar-refractivity contribution in [2.75, 3.05) is 0 Å². The first-order valence-corrected chi connectivity index (χ1v) is 4.54. The lowest BCUT2D eigenvalue weighted by molar-refractivity contribution is 0.866. The number of benzene rings is 1. The Kier molecular flexibility index (Phi) is 3.48. The van der Waals surface area contributed by atoms with Crippen LogP contribution in [0.1, 0.15) is 25.3 Å². The molecular formula is C10H16N4. The number of aliphatic imine (C=N–C) groups is 1. The molecule has 0 aliphatic rings. The second-order valence-electron chi connectivity index (χ2n) is 3.39. The molecule has 76 valence electrons. The minimum absolute atomic E-state index is 0.214. The fourth-order valence-corrected chi connectivity index (χ4v) is 1.12.